The van der Waals surface area contributed by atoms with Crippen LogP contribution in [-0.2, 0) is 0 Å². The largest absolute Gasteiger partial charge is 0.504 e. The number of rotatable bonds is 1. The number of hydrogen-bond acceptors (Lipinski definition) is 3. The number of halogens is 4. The summed E-state index contributed by atoms with van der Waals surface area (Å²) in [5.74, 6) is -0.197. The first-order valence-electron chi connectivity index (χ1n) is 2.89. The van der Waals surface area contributed by atoms with Crippen molar-refractivity contribution in [3.05, 3.63) is 22.8 Å². The molecule has 0 aliphatic carbocycles. The number of nitroso groups, excluding NO2 is 1. The lowest BCUT2D eigenvalue weighted by Crippen LogP contribution is -1.79. The van der Waals surface area contributed by atoms with Crippen molar-refractivity contribution in [1.29, 1.82) is 0 Å². The molecule has 1 aromatic carbocycles. The van der Waals surface area contributed by atoms with Gasteiger partial charge in [-0.1, -0.05) is 0 Å². The molecule has 3 nitrogen and oxygen atoms in total. The molecule has 0 amide bonds. The molecule has 0 aliphatic rings. The van der Waals surface area contributed by atoms with E-state index in [4.69, 9.17) is 0 Å². The number of phenols is 1. The third-order valence-electron chi connectivity index (χ3n) is 1.31. The Labute approximate surface area is 107 Å². The van der Waals surface area contributed by atoms with Gasteiger partial charge in [0.15, 0.2) is 11.4 Å². The normalized spacial score (nSPS) is 10.2. The Bertz CT molecular complexity index is 350. The lowest BCUT2D eigenvalue weighted by atomic mass is 10.3. The lowest BCUT2D eigenvalue weighted by Gasteiger charge is -2.07. The number of aromatic hydroxyl groups is 1. The van der Waals surface area contributed by atoms with Gasteiger partial charge in [0.25, 0.3) is 0 Å². The minimum absolute atomic E-state index is 0.0399. The first-order chi connectivity index (χ1) is 6.00. The molecule has 0 spiro atoms. The predicted octanol–water partition coefficient (Wildman–Crippen LogP) is 4.84. The number of benzene rings is 1. The second kappa shape index (κ2) is 4.37. The molecule has 0 saturated heterocycles. The minimum Gasteiger partial charge on any atom is -0.504 e. The quantitative estimate of drug-likeness (QED) is 0.387. The fourth-order valence-corrected chi connectivity index (χ4v) is 2.84. The maximum absolute atomic E-state index is 10.4. The van der Waals surface area contributed by atoms with Crippen molar-refractivity contribution in [2.45, 2.75) is 0 Å². The molecule has 7 heteroatoms. The summed E-state index contributed by atoms with van der Waals surface area (Å²) in [4.78, 5) is 10.4. The average molecular weight is 439 g/mol. The van der Waals surface area contributed by atoms with E-state index >= 15 is 0 Å². The van der Waals surface area contributed by atoms with Crippen LogP contribution in [0.2, 0.25) is 0 Å². The van der Waals surface area contributed by atoms with Crippen molar-refractivity contribution in [2.24, 2.45) is 5.18 Å². The van der Waals surface area contributed by atoms with Crippen LogP contribution in [0.15, 0.2) is 23.1 Å². The lowest BCUT2D eigenvalue weighted by molar-refractivity contribution is 0.472. The van der Waals surface area contributed by atoms with Gasteiger partial charge in [-0.2, -0.15) is 0 Å². The number of phenolic OH excluding ortho intramolecular Hbond substituents is 1. The van der Waals surface area contributed by atoms with Gasteiger partial charge in [0.05, 0.1) is 13.4 Å². The third-order valence-corrected chi connectivity index (χ3v) is 6.04. The smallest absolute Gasteiger partial charge is 0.166 e. The highest BCUT2D eigenvalue weighted by Crippen LogP contribution is 2.49. The SMILES string of the molecule is O=Nc1c(O)c(Br)c(Br)c(Br)c1Br. The molecule has 0 heterocycles. The summed E-state index contributed by atoms with van der Waals surface area (Å²) >= 11 is 12.7. The second-order valence-corrected chi connectivity index (χ2v) is 5.22. The molecule has 1 N–H and O–H groups in total. The Balaban J connectivity index is 3.66. The molecule has 0 atom stereocenters. The molecular weight excluding hydrogens is 438 g/mol. The van der Waals surface area contributed by atoms with E-state index in [1.807, 2.05) is 0 Å². The molecule has 0 aliphatic heterocycles. The topological polar surface area (TPSA) is 49.7 Å². The van der Waals surface area contributed by atoms with Gasteiger partial charge >= 0.3 is 0 Å². The highest BCUT2D eigenvalue weighted by atomic mass is 79.9. The van der Waals surface area contributed by atoms with Gasteiger partial charge in [0.1, 0.15) is 0 Å². The molecule has 1 aromatic rings. The molecule has 0 radical (unpaired) electrons. The van der Waals surface area contributed by atoms with Gasteiger partial charge in [0, 0.05) is 4.47 Å². The molecule has 0 aromatic heterocycles. The van der Waals surface area contributed by atoms with Crippen LogP contribution in [0.5, 0.6) is 5.75 Å². The number of nitrogens with zero attached hydrogens (tertiary/aromatic N) is 1. The number of hydrogen-bond donors (Lipinski definition) is 1. The molecule has 0 fully saturated rings. The first kappa shape index (κ1) is 11.6. The predicted molar refractivity (Wildman–Crippen MR) is 64.4 cm³/mol. The van der Waals surface area contributed by atoms with Gasteiger partial charge in [0.2, 0.25) is 0 Å². The van der Waals surface area contributed by atoms with E-state index in [1.165, 1.54) is 0 Å². The van der Waals surface area contributed by atoms with Crippen molar-refractivity contribution < 1.29 is 5.11 Å². The van der Waals surface area contributed by atoms with E-state index in [0.29, 0.717) is 17.9 Å². The Kier molecular flexibility index (Phi) is 3.91. The molecule has 0 saturated carbocycles. The molecule has 13 heavy (non-hydrogen) atoms. The summed E-state index contributed by atoms with van der Waals surface area (Å²) in [7, 11) is 0. The van der Waals surface area contributed by atoms with Crippen LogP contribution in [0.4, 0.5) is 5.69 Å². The van der Waals surface area contributed by atoms with Crippen molar-refractivity contribution in [2.75, 3.05) is 0 Å². The van der Waals surface area contributed by atoms with E-state index in [-0.39, 0.29) is 11.4 Å². The molecular formula is C6HBr4NO2. The fourth-order valence-electron chi connectivity index (χ4n) is 0.692. The van der Waals surface area contributed by atoms with Crippen molar-refractivity contribution >= 4 is 69.4 Å². The van der Waals surface area contributed by atoms with Gasteiger partial charge < -0.3 is 5.11 Å². The van der Waals surface area contributed by atoms with Crippen LogP contribution >= 0.6 is 63.7 Å². The highest BCUT2D eigenvalue weighted by molar-refractivity contribution is 9.15. The standard InChI is InChI=1S/C6HBr4NO2/c7-1-2(8)4(10)6(12)5(11-13)3(1)9/h12H. The van der Waals surface area contributed by atoms with E-state index in [2.05, 4.69) is 68.9 Å². The molecule has 0 unspecified atom stereocenters. The van der Waals surface area contributed by atoms with Crippen LogP contribution in [0.1, 0.15) is 0 Å². The maximum Gasteiger partial charge on any atom is 0.166 e. The fraction of sp³-hybridized carbons (Fsp3) is 0. The average Bonchev–Trinajstić information content (AvgIpc) is 2.13. The van der Waals surface area contributed by atoms with Gasteiger partial charge in [-0.15, -0.1) is 4.91 Å². The van der Waals surface area contributed by atoms with Gasteiger partial charge in [-0.25, -0.2) is 0 Å². The monoisotopic (exact) mass is 435 g/mol. The summed E-state index contributed by atoms with van der Waals surface area (Å²) in [5.41, 5.74) is -0.0399. The Hall–Kier alpha value is 0.540. The van der Waals surface area contributed by atoms with E-state index < -0.39 is 0 Å². The summed E-state index contributed by atoms with van der Waals surface area (Å²) in [6, 6.07) is 0. The Morgan fingerprint density at radius 2 is 1.38 bits per heavy atom. The van der Waals surface area contributed by atoms with Crippen LogP contribution in [0.3, 0.4) is 0 Å². The molecule has 1 rings (SSSR count). The van der Waals surface area contributed by atoms with Gasteiger partial charge in [-0.05, 0) is 68.9 Å². The summed E-state index contributed by atoms with van der Waals surface area (Å²) < 4.78 is 2.03. The first-order valence-corrected chi connectivity index (χ1v) is 6.06. The zero-order valence-corrected chi connectivity index (χ0v) is 12.2. The van der Waals surface area contributed by atoms with Crippen molar-refractivity contribution in [3.63, 3.8) is 0 Å². The van der Waals surface area contributed by atoms with E-state index in [9.17, 15) is 10.0 Å². The summed E-state index contributed by atoms with van der Waals surface area (Å²) in [6.45, 7) is 0. The highest BCUT2D eigenvalue weighted by Gasteiger charge is 2.18. The Morgan fingerprint density at radius 1 is 0.923 bits per heavy atom. The molecule has 70 valence electrons. The van der Waals surface area contributed by atoms with Gasteiger partial charge in [-0.3, -0.25) is 0 Å². The van der Waals surface area contributed by atoms with Crippen molar-refractivity contribution in [1.82, 2.24) is 0 Å². The van der Waals surface area contributed by atoms with E-state index in [0.717, 1.165) is 0 Å². The maximum atomic E-state index is 10.4. The van der Waals surface area contributed by atoms with Crippen LogP contribution < -0.4 is 0 Å². The molecule has 0 bridgehead atoms. The third kappa shape index (κ3) is 1.98. The summed E-state index contributed by atoms with van der Waals surface area (Å²) in [6.07, 6.45) is 0. The second-order valence-electron chi connectivity index (χ2n) is 2.04. The van der Waals surface area contributed by atoms with Crippen LogP contribution in [0.25, 0.3) is 0 Å². The zero-order chi connectivity index (χ0) is 10.2. The van der Waals surface area contributed by atoms with Crippen LogP contribution in [-0.4, -0.2) is 5.11 Å². The van der Waals surface area contributed by atoms with Crippen LogP contribution in [0, 0.1) is 4.91 Å². The van der Waals surface area contributed by atoms with Crippen molar-refractivity contribution in [3.8, 4) is 5.75 Å². The minimum atomic E-state index is -0.197. The summed E-state index contributed by atoms with van der Waals surface area (Å²) in [5, 5.41) is 12.2. The Morgan fingerprint density at radius 3 is 1.85 bits per heavy atom. The van der Waals surface area contributed by atoms with E-state index in [1.54, 1.807) is 0 Å². The zero-order valence-electron chi connectivity index (χ0n) is 5.81.